The maximum absolute atomic E-state index is 13.5. The van der Waals surface area contributed by atoms with Crippen LogP contribution in [0.4, 0.5) is 10.1 Å². The van der Waals surface area contributed by atoms with Gasteiger partial charge in [0, 0.05) is 18.3 Å². The molecule has 0 spiro atoms. The second-order valence-electron chi connectivity index (χ2n) is 9.44. The topological polar surface area (TPSA) is 135 Å². The Hall–Kier alpha value is -3.93. The first-order valence-corrected chi connectivity index (χ1v) is 11.2. The molecular weight excluding hydrogens is 469 g/mol. The van der Waals surface area contributed by atoms with E-state index < -0.39 is 29.1 Å². The van der Waals surface area contributed by atoms with E-state index in [1.54, 1.807) is 34.7 Å². The maximum atomic E-state index is 13.5. The molecule has 0 fully saturated rings. The third-order valence-electron chi connectivity index (χ3n) is 5.76. The highest BCUT2D eigenvalue weighted by molar-refractivity contribution is 6.43. The van der Waals surface area contributed by atoms with Gasteiger partial charge in [0.1, 0.15) is 0 Å². The van der Waals surface area contributed by atoms with Crippen LogP contribution in [0, 0.1) is 26.7 Å². The third kappa shape index (κ3) is 5.33. The maximum Gasteiger partial charge on any atom is 0.294 e. The van der Waals surface area contributed by atoms with Gasteiger partial charge in [-0.3, -0.25) is 14.4 Å². The number of rotatable bonds is 8. The number of ketones is 1. The van der Waals surface area contributed by atoms with Gasteiger partial charge in [-0.1, -0.05) is 5.16 Å². The average molecular weight is 500 g/mol. The predicted molar refractivity (Wildman–Crippen MR) is 129 cm³/mol. The van der Waals surface area contributed by atoms with Crippen molar-refractivity contribution in [1.82, 2.24) is 29.9 Å². The average Bonchev–Trinajstić information content (AvgIpc) is 3.32. The summed E-state index contributed by atoms with van der Waals surface area (Å²) in [4.78, 5) is 48.9. The first-order valence-electron chi connectivity index (χ1n) is 11.2. The van der Waals surface area contributed by atoms with Gasteiger partial charge in [0.25, 0.3) is 17.6 Å². The molecule has 3 rings (SSSR count). The summed E-state index contributed by atoms with van der Waals surface area (Å²) >= 11 is 0. The molecule has 0 radical (unpaired) electrons. The van der Waals surface area contributed by atoms with Crippen LogP contribution in [0.25, 0.3) is 0 Å². The van der Waals surface area contributed by atoms with Crippen molar-refractivity contribution < 1.29 is 23.3 Å². The normalized spacial score (nSPS) is 11.6. The van der Waals surface area contributed by atoms with Gasteiger partial charge in [-0.05, 0) is 60.3 Å². The second-order valence-corrected chi connectivity index (χ2v) is 9.44. The van der Waals surface area contributed by atoms with Crippen LogP contribution < -0.4 is 10.6 Å². The number of amides is 2. The number of carbonyl (C=O) groups excluding carboxylic acids is 3. The molecule has 3 aromatic heterocycles. The summed E-state index contributed by atoms with van der Waals surface area (Å²) in [6, 6.07) is 1.46. The SMILES string of the molecule is Cc1cc(NC(=O)c2c(C)c(C(=O)C(=O)NC(C)(C)c3noc(CN(C)C)n3)n(C)c2C)cnc1F. The number of Topliss-reactive ketones (excluding diaryl/α,β-unsaturated/α-hetero) is 1. The number of pyridine rings is 1. The van der Waals surface area contributed by atoms with E-state index in [9.17, 15) is 18.8 Å². The summed E-state index contributed by atoms with van der Waals surface area (Å²) < 4.78 is 20.2. The monoisotopic (exact) mass is 499 g/mol. The second kappa shape index (κ2) is 9.97. The molecule has 0 aliphatic carbocycles. The lowest BCUT2D eigenvalue weighted by atomic mass is 10.0. The molecule has 2 amide bonds. The molecule has 0 bridgehead atoms. The van der Waals surface area contributed by atoms with Crippen molar-refractivity contribution >= 4 is 23.3 Å². The van der Waals surface area contributed by atoms with Crippen LogP contribution in [0.15, 0.2) is 16.8 Å². The van der Waals surface area contributed by atoms with E-state index in [-0.39, 0.29) is 22.6 Å². The number of aromatic nitrogens is 4. The van der Waals surface area contributed by atoms with Gasteiger partial charge in [0.2, 0.25) is 11.8 Å². The van der Waals surface area contributed by atoms with Crippen LogP contribution in [0.2, 0.25) is 0 Å². The highest BCUT2D eigenvalue weighted by Gasteiger charge is 2.34. The van der Waals surface area contributed by atoms with Crippen molar-refractivity contribution in [2.24, 2.45) is 7.05 Å². The Morgan fingerprint density at radius 2 is 1.86 bits per heavy atom. The molecule has 12 heteroatoms. The minimum absolute atomic E-state index is 0.0702. The molecule has 192 valence electrons. The van der Waals surface area contributed by atoms with Gasteiger partial charge in [-0.15, -0.1) is 0 Å². The zero-order valence-electron chi connectivity index (χ0n) is 21.6. The number of hydrogen-bond acceptors (Lipinski definition) is 8. The summed E-state index contributed by atoms with van der Waals surface area (Å²) in [6.07, 6.45) is 1.21. The van der Waals surface area contributed by atoms with Gasteiger partial charge >= 0.3 is 0 Å². The predicted octanol–water partition coefficient (Wildman–Crippen LogP) is 2.42. The lowest BCUT2D eigenvalue weighted by Crippen LogP contribution is -2.45. The van der Waals surface area contributed by atoms with E-state index in [1.807, 2.05) is 19.0 Å². The number of aryl methyl sites for hydroxylation is 1. The Labute approximate surface area is 208 Å². The van der Waals surface area contributed by atoms with Crippen molar-refractivity contribution in [3.63, 3.8) is 0 Å². The highest BCUT2D eigenvalue weighted by atomic mass is 19.1. The first kappa shape index (κ1) is 26.7. The first-order chi connectivity index (χ1) is 16.7. The van der Waals surface area contributed by atoms with E-state index in [4.69, 9.17) is 4.52 Å². The van der Waals surface area contributed by atoms with Gasteiger partial charge < -0.3 is 24.6 Å². The Bertz CT molecular complexity index is 1340. The molecular formula is C24H30FN7O4. The van der Waals surface area contributed by atoms with Gasteiger partial charge in [0.15, 0.2) is 5.82 Å². The van der Waals surface area contributed by atoms with Crippen molar-refractivity contribution in [2.45, 2.75) is 46.7 Å². The fourth-order valence-corrected chi connectivity index (χ4v) is 3.80. The van der Waals surface area contributed by atoms with E-state index in [0.717, 1.165) is 0 Å². The van der Waals surface area contributed by atoms with Crippen LogP contribution in [0.3, 0.4) is 0 Å². The van der Waals surface area contributed by atoms with E-state index in [1.165, 1.54) is 23.8 Å². The molecule has 3 heterocycles. The van der Waals surface area contributed by atoms with Crippen molar-refractivity contribution in [1.29, 1.82) is 0 Å². The van der Waals surface area contributed by atoms with Gasteiger partial charge in [-0.2, -0.15) is 9.37 Å². The molecule has 0 aromatic carbocycles. The lowest BCUT2D eigenvalue weighted by molar-refractivity contribution is -0.118. The van der Waals surface area contributed by atoms with E-state index >= 15 is 0 Å². The smallest absolute Gasteiger partial charge is 0.294 e. The minimum atomic E-state index is -1.09. The van der Waals surface area contributed by atoms with Crippen molar-refractivity contribution in [3.8, 4) is 0 Å². The number of halogens is 1. The van der Waals surface area contributed by atoms with Crippen LogP contribution in [0.5, 0.6) is 0 Å². The minimum Gasteiger partial charge on any atom is -0.344 e. The Kier molecular flexibility index (Phi) is 7.39. The Morgan fingerprint density at radius 1 is 1.19 bits per heavy atom. The van der Waals surface area contributed by atoms with Crippen LogP contribution in [-0.4, -0.2) is 56.3 Å². The van der Waals surface area contributed by atoms with Crippen molar-refractivity contribution in [3.05, 3.63) is 58.0 Å². The lowest BCUT2D eigenvalue weighted by Gasteiger charge is -2.22. The third-order valence-corrected chi connectivity index (χ3v) is 5.76. The summed E-state index contributed by atoms with van der Waals surface area (Å²) in [5.74, 6) is -2.23. The number of anilines is 1. The zero-order chi connectivity index (χ0) is 26.9. The van der Waals surface area contributed by atoms with Gasteiger partial charge in [0.05, 0.1) is 35.2 Å². The molecule has 0 aliphatic rings. The number of nitrogens with zero attached hydrogens (tertiary/aromatic N) is 5. The summed E-state index contributed by atoms with van der Waals surface area (Å²) in [5, 5.41) is 9.25. The molecule has 0 unspecified atom stereocenters. The summed E-state index contributed by atoms with van der Waals surface area (Å²) in [6.45, 7) is 8.53. The zero-order valence-corrected chi connectivity index (χ0v) is 21.6. The standard InChI is InChI=1S/C24H30FN7O4/c1-12-9-15(10-26-20(12)25)27-21(34)17-13(2)18(32(8)14(17)3)19(33)22(35)29-24(4,5)23-28-16(36-30-23)11-31(6)7/h9-10H,11H2,1-8H3,(H,27,34)(H,29,35). The molecule has 0 atom stereocenters. The summed E-state index contributed by atoms with van der Waals surface area (Å²) in [5.41, 5.74) is 0.622. The Balaban J connectivity index is 1.83. The van der Waals surface area contributed by atoms with E-state index in [2.05, 4.69) is 25.8 Å². The van der Waals surface area contributed by atoms with Gasteiger partial charge in [-0.25, -0.2) is 4.98 Å². The quantitative estimate of drug-likeness (QED) is 0.274. The molecule has 3 aromatic rings. The molecule has 2 N–H and O–H groups in total. The van der Waals surface area contributed by atoms with Crippen LogP contribution in [-0.2, 0) is 23.9 Å². The largest absolute Gasteiger partial charge is 0.344 e. The highest BCUT2D eigenvalue weighted by Crippen LogP contribution is 2.24. The van der Waals surface area contributed by atoms with Crippen LogP contribution >= 0.6 is 0 Å². The van der Waals surface area contributed by atoms with Crippen molar-refractivity contribution in [2.75, 3.05) is 19.4 Å². The Morgan fingerprint density at radius 3 is 2.47 bits per heavy atom. The van der Waals surface area contributed by atoms with E-state index in [0.29, 0.717) is 29.4 Å². The molecule has 11 nitrogen and oxygen atoms in total. The van der Waals surface area contributed by atoms with Crippen LogP contribution in [0.1, 0.15) is 63.2 Å². The molecule has 0 saturated carbocycles. The fraction of sp³-hybridized carbons (Fsp3) is 0.417. The number of carbonyl (C=O) groups is 3. The molecule has 0 aliphatic heterocycles. The fourth-order valence-electron chi connectivity index (χ4n) is 3.80. The number of nitrogens with one attached hydrogen (secondary N) is 2. The number of hydrogen-bond donors (Lipinski definition) is 2. The molecule has 0 saturated heterocycles. The molecule has 36 heavy (non-hydrogen) atoms. The summed E-state index contributed by atoms with van der Waals surface area (Å²) in [7, 11) is 5.30.